The van der Waals surface area contributed by atoms with Crippen molar-refractivity contribution in [1.29, 1.82) is 0 Å². The van der Waals surface area contributed by atoms with Crippen LogP contribution in [0.1, 0.15) is 40.4 Å². The van der Waals surface area contributed by atoms with Gasteiger partial charge in [-0.15, -0.1) is 0 Å². The van der Waals surface area contributed by atoms with Gasteiger partial charge in [0.1, 0.15) is 0 Å². The number of benzene rings is 2. The first-order valence-electron chi connectivity index (χ1n) is 7.27. The van der Waals surface area contributed by atoms with Crippen LogP contribution in [0.4, 0.5) is 0 Å². The highest BCUT2D eigenvalue weighted by molar-refractivity contribution is 9.10. The molecule has 3 rings (SSSR count). The van der Waals surface area contributed by atoms with Crippen molar-refractivity contribution in [2.24, 2.45) is 5.92 Å². The zero-order valence-electron chi connectivity index (χ0n) is 12.0. The van der Waals surface area contributed by atoms with E-state index in [0.29, 0.717) is 11.5 Å². The first-order valence-corrected chi connectivity index (χ1v) is 8.06. The van der Waals surface area contributed by atoms with Crippen molar-refractivity contribution in [3.8, 4) is 0 Å². The SMILES string of the molecule is Cc1ccc([C@@H](NC(=O)c2ccccc2Br)C2CC2)cc1. The lowest BCUT2D eigenvalue weighted by atomic mass is 10.0. The monoisotopic (exact) mass is 343 g/mol. The van der Waals surface area contributed by atoms with E-state index < -0.39 is 0 Å². The molecule has 0 heterocycles. The fourth-order valence-corrected chi connectivity index (χ4v) is 3.01. The number of nitrogens with one attached hydrogen (secondary N) is 1. The van der Waals surface area contributed by atoms with Gasteiger partial charge in [0.25, 0.3) is 5.91 Å². The second-order valence-electron chi connectivity index (χ2n) is 5.68. The predicted octanol–water partition coefficient (Wildman–Crippen LogP) is 4.64. The minimum absolute atomic E-state index is 0.0139. The lowest BCUT2D eigenvalue weighted by Gasteiger charge is -2.19. The second kappa shape index (κ2) is 6.02. The average Bonchev–Trinajstić information content (AvgIpc) is 3.31. The van der Waals surface area contributed by atoms with Gasteiger partial charge in [0.2, 0.25) is 0 Å². The molecule has 1 aliphatic carbocycles. The van der Waals surface area contributed by atoms with Gasteiger partial charge in [-0.05, 0) is 59.3 Å². The van der Waals surface area contributed by atoms with Crippen LogP contribution in [-0.4, -0.2) is 5.91 Å². The summed E-state index contributed by atoms with van der Waals surface area (Å²) >= 11 is 3.44. The molecule has 2 nitrogen and oxygen atoms in total. The molecule has 2 aromatic rings. The molecule has 108 valence electrons. The minimum atomic E-state index is -0.0139. The van der Waals surface area contributed by atoms with E-state index in [1.807, 2.05) is 24.3 Å². The summed E-state index contributed by atoms with van der Waals surface area (Å²) in [6, 6.07) is 16.1. The third-order valence-corrected chi connectivity index (χ3v) is 4.63. The van der Waals surface area contributed by atoms with Crippen LogP contribution in [-0.2, 0) is 0 Å². The van der Waals surface area contributed by atoms with Crippen LogP contribution in [0.15, 0.2) is 53.0 Å². The quantitative estimate of drug-likeness (QED) is 0.860. The van der Waals surface area contributed by atoms with Crippen molar-refractivity contribution in [3.05, 3.63) is 69.7 Å². The van der Waals surface area contributed by atoms with Crippen LogP contribution < -0.4 is 5.32 Å². The molecule has 1 amide bonds. The zero-order chi connectivity index (χ0) is 14.8. The molecule has 0 bridgehead atoms. The third-order valence-electron chi connectivity index (χ3n) is 3.93. The Labute approximate surface area is 133 Å². The van der Waals surface area contributed by atoms with Gasteiger partial charge in [-0.25, -0.2) is 0 Å². The minimum Gasteiger partial charge on any atom is -0.345 e. The van der Waals surface area contributed by atoms with E-state index in [4.69, 9.17) is 0 Å². The topological polar surface area (TPSA) is 29.1 Å². The molecular weight excluding hydrogens is 326 g/mol. The second-order valence-corrected chi connectivity index (χ2v) is 6.53. The maximum Gasteiger partial charge on any atom is 0.252 e. The first kappa shape index (κ1) is 14.3. The Morgan fingerprint density at radius 3 is 2.43 bits per heavy atom. The zero-order valence-corrected chi connectivity index (χ0v) is 13.6. The molecule has 1 saturated carbocycles. The van der Waals surface area contributed by atoms with Gasteiger partial charge in [-0.3, -0.25) is 4.79 Å². The van der Waals surface area contributed by atoms with E-state index in [9.17, 15) is 4.79 Å². The fourth-order valence-electron chi connectivity index (χ4n) is 2.54. The third kappa shape index (κ3) is 3.35. The van der Waals surface area contributed by atoms with Crippen LogP contribution in [0, 0.1) is 12.8 Å². The molecular formula is C18H18BrNO. The molecule has 3 heteroatoms. The highest BCUT2D eigenvalue weighted by Crippen LogP contribution is 2.41. The summed E-state index contributed by atoms with van der Waals surface area (Å²) in [5, 5.41) is 3.20. The molecule has 0 aliphatic heterocycles. The Bertz CT molecular complexity index is 647. The molecule has 1 aliphatic rings. The largest absolute Gasteiger partial charge is 0.345 e. The van der Waals surface area contributed by atoms with Crippen LogP contribution in [0.3, 0.4) is 0 Å². The Kier molecular flexibility index (Phi) is 4.11. The molecule has 2 aromatic carbocycles. The lowest BCUT2D eigenvalue weighted by Crippen LogP contribution is -2.30. The molecule has 0 spiro atoms. The van der Waals surface area contributed by atoms with E-state index in [0.717, 1.165) is 4.47 Å². The summed E-state index contributed by atoms with van der Waals surface area (Å²) in [6.07, 6.45) is 2.38. The lowest BCUT2D eigenvalue weighted by molar-refractivity contribution is 0.0931. The van der Waals surface area contributed by atoms with Gasteiger partial charge in [0.15, 0.2) is 0 Å². The van der Waals surface area contributed by atoms with E-state index >= 15 is 0 Å². The highest BCUT2D eigenvalue weighted by atomic mass is 79.9. The Balaban J connectivity index is 1.81. The number of hydrogen-bond donors (Lipinski definition) is 1. The van der Waals surface area contributed by atoms with Crippen molar-refractivity contribution in [2.75, 3.05) is 0 Å². The predicted molar refractivity (Wildman–Crippen MR) is 88.3 cm³/mol. The van der Waals surface area contributed by atoms with Crippen molar-refractivity contribution in [3.63, 3.8) is 0 Å². The smallest absolute Gasteiger partial charge is 0.252 e. The maximum absolute atomic E-state index is 12.5. The van der Waals surface area contributed by atoms with Gasteiger partial charge in [-0.2, -0.15) is 0 Å². The van der Waals surface area contributed by atoms with Gasteiger partial charge < -0.3 is 5.32 Å². The van der Waals surface area contributed by atoms with E-state index in [1.165, 1.54) is 24.0 Å². The van der Waals surface area contributed by atoms with E-state index in [1.54, 1.807) is 0 Å². The van der Waals surface area contributed by atoms with E-state index in [-0.39, 0.29) is 11.9 Å². The number of rotatable bonds is 4. The molecule has 0 aromatic heterocycles. The van der Waals surface area contributed by atoms with Crippen molar-refractivity contribution in [2.45, 2.75) is 25.8 Å². The number of carbonyl (C=O) groups is 1. The number of amides is 1. The number of carbonyl (C=O) groups excluding carboxylic acids is 1. The summed E-state index contributed by atoms with van der Waals surface area (Å²) in [5.74, 6) is 0.555. The summed E-state index contributed by atoms with van der Waals surface area (Å²) < 4.78 is 0.834. The molecule has 0 saturated heterocycles. The van der Waals surface area contributed by atoms with Gasteiger partial charge in [-0.1, -0.05) is 42.0 Å². The molecule has 21 heavy (non-hydrogen) atoms. The summed E-state index contributed by atoms with van der Waals surface area (Å²) in [5.41, 5.74) is 3.13. The first-order chi connectivity index (χ1) is 10.1. The van der Waals surface area contributed by atoms with Crippen molar-refractivity contribution >= 4 is 21.8 Å². The normalized spacial score (nSPS) is 15.5. The molecule has 0 unspecified atom stereocenters. The van der Waals surface area contributed by atoms with Crippen LogP contribution in [0.2, 0.25) is 0 Å². The molecule has 1 fully saturated rings. The van der Waals surface area contributed by atoms with Gasteiger partial charge in [0, 0.05) is 4.47 Å². The number of hydrogen-bond acceptors (Lipinski definition) is 1. The van der Waals surface area contributed by atoms with Crippen molar-refractivity contribution in [1.82, 2.24) is 5.32 Å². The number of halogens is 1. The highest BCUT2D eigenvalue weighted by Gasteiger charge is 2.33. The van der Waals surface area contributed by atoms with Gasteiger partial charge in [0.05, 0.1) is 11.6 Å². The summed E-state index contributed by atoms with van der Waals surface area (Å²) in [4.78, 5) is 12.5. The number of aryl methyl sites for hydroxylation is 1. The maximum atomic E-state index is 12.5. The van der Waals surface area contributed by atoms with Crippen molar-refractivity contribution < 1.29 is 4.79 Å². The molecule has 0 radical (unpaired) electrons. The standard InChI is InChI=1S/C18H18BrNO/c1-12-6-8-13(9-7-12)17(14-10-11-14)20-18(21)15-4-2-3-5-16(15)19/h2-9,14,17H,10-11H2,1H3,(H,20,21)/t17-/m1/s1. The van der Waals surface area contributed by atoms with E-state index in [2.05, 4.69) is 52.4 Å². The molecule has 1 N–H and O–H groups in total. The Morgan fingerprint density at radius 2 is 1.81 bits per heavy atom. The van der Waals surface area contributed by atoms with Crippen LogP contribution >= 0.6 is 15.9 Å². The summed E-state index contributed by atoms with van der Waals surface area (Å²) in [6.45, 7) is 2.08. The Morgan fingerprint density at radius 1 is 1.14 bits per heavy atom. The fraction of sp³-hybridized carbons (Fsp3) is 0.278. The van der Waals surface area contributed by atoms with Gasteiger partial charge >= 0.3 is 0 Å². The van der Waals surface area contributed by atoms with Crippen LogP contribution in [0.25, 0.3) is 0 Å². The average molecular weight is 344 g/mol. The van der Waals surface area contributed by atoms with Crippen LogP contribution in [0.5, 0.6) is 0 Å². The summed E-state index contributed by atoms with van der Waals surface area (Å²) in [7, 11) is 0. The Hall–Kier alpha value is -1.61. The molecule has 1 atom stereocenters.